The van der Waals surface area contributed by atoms with Crippen molar-refractivity contribution in [3.63, 3.8) is 0 Å². The molecule has 0 saturated heterocycles. The molecular formula is C13H20N2O5S. The summed E-state index contributed by atoms with van der Waals surface area (Å²) in [6.45, 7) is 3.59. The third-order valence-electron chi connectivity index (χ3n) is 3.66. The van der Waals surface area contributed by atoms with E-state index in [1.165, 1.54) is 16.8 Å². The number of ether oxygens (including phenoxy) is 1. The second-order valence-corrected chi connectivity index (χ2v) is 7.23. The zero-order valence-electron chi connectivity index (χ0n) is 12.2. The molecule has 1 aromatic rings. The Morgan fingerprint density at radius 2 is 2.10 bits per heavy atom. The van der Waals surface area contributed by atoms with E-state index in [0.717, 1.165) is 0 Å². The molecular weight excluding hydrogens is 296 g/mol. The van der Waals surface area contributed by atoms with E-state index in [4.69, 9.17) is 9.84 Å². The number of hydrogen-bond donors (Lipinski definition) is 2. The van der Waals surface area contributed by atoms with Crippen molar-refractivity contribution < 1.29 is 23.1 Å². The minimum absolute atomic E-state index is 0.0190. The van der Waals surface area contributed by atoms with Crippen molar-refractivity contribution in [3.8, 4) is 0 Å². The number of methoxy groups -OCH3 is 1. The van der Waals surface area contributed by atoms with Gasteiger partial charge in [-0.05, 0) is 32.8 Å². The van der Waals surface area contributed by atoms with Gasteiger partial charge in [-0.15, -0.1) is 0 Å². The number of rotatable bonds is 6. The Morgan fingerprint density at radius 3 is 2.52 bits per heavy atom. The van der Waals surface area contributed by atoms with Crippen molar-refractivity contribution in [3.05, 3.63) is 18.0 Å². The van der Waals surface area contributed by atoms with Crippen LogP contribution < -0.4 is 4.72 Å². The number of carboxylic acid groups (broad SMARTS) is 1. The molecule has 0 aliphatic heterocycles. The Labute approximate surface area is 124 Å². The van der Waals surface area contributed by atoms with Gasteiger partial charge in [0.2, 0.25) is 10.0 Å². The first-order valence-electron chi connectivity index (χ1n) is 6.75. The van der Waals surface area contributed by atoms with Gasteiger partial charge in [0, 0.05) is 25.4 Å². The number of hydrogen-bond acceptors (Lipinski definition) is 4. The average Bonchev–Trinajstić information content (AvgIpc) is 2.79. The molecule has 1 aliphatic carbocycles. The summed E-state index contributed by atoms with van der Waals surface area (Å²) in [7, 11) is -2.12. The van der Waals surface area contributed by atoms with Crippen LogP contribution in [0.5, 0.6) is 0 Å². The summed E-state index contributed by atoms with van der Waals surface area (Å²) < 4.78 is 33.7. The molecule has 0 unspecified atom stereocenters. The van der Waals surface area contributed by atoms with Crippen molar-refractivity contribution in [2.24, 2.45) is 0 Å². The van der Waals surface area contributed by atoms with Gasteiger partial charge in [-0.2, -0.15) is 0 Å². The summed E-state index contributed by atoms with van der Waals surface area (Å²) in [6, 6.07) is 0.897. The van der Waals surface area contributed by atoms with Gasteiger partial charge in [-0.3, -0.25) is 0 Å². The molecule has 0 spiro atoms. The van der Waals surface area contributed by atoms with E-state index in [9.17, 15) is 13.2 Å². The quantitative estimate of drug-likeness (QED) is 0.822. The fourth-order valence-corrected chi connectivity index (χ4v) is 3.63. The minimum atomic E-state index is -3.71. The average molecular weight is 316 g/mol. The van der Waals surface area contributed by atoms with Crippen LogP contribution in [0.2, 0.25) is 0 Å². The highest BCUT2D eigenvalue weighted by Gasteiger charge is 2.33. The number of nitrogens with zero attached hydrogens (tertiary/aromatic N) is 1. The molecule has 1 fully saturated rings. The normalized spacial score (nSPS) is 22.3. The van der Waals surface area contributed by atoms with E-state index in [2.05, 4.69) is 4.72 Å². The topological polar surface area (TPSA) is 97.6 Å². The van der Waals surface area contributed by atoms with E-state index in [-0.39, 0.29) is 28.8 Å². The van der Waals surface area contributed by atoms with Crippen LogP contribution in [0.3, 0.4) is 0 Å². The second-order valence-electron chi connectivity index (χ2n) is 5.51. The maximum Gasteiger partial charge on any atom is 0.352 e. The molecule has 2 rings (SSSR count). The summed E-state index contributed by atoms with van der Waals surface area (Å²) in [5.41, 5.74) is -0.0336. The van der Waals surface area contributed by atoms with Crippen LogP contribution in [-0.2, 0) is 14.8 Å². The van der Waals surface area contributed by atoms with Crippen molar-refractivity contribution >= 4 is 16.0 Å². The lowest BCUT2D eigenvalue weighted by Crippen LogP contribution is -2.47. The first-order chi connectivity index (χ1) is 9.74. The van der Waals surface area contributed by atoms with Crippen LogP contribution in [0.25, 0.3) is 0 Å². The highest BCUT2D eigenvalue weighted by molar-refractivity contribution is 7.89. The molecule has 1 saturated carbocycles. The van der Waals surface area contributed by atoms with Crippen LogP contribution >= 0.6 is 0 Å². The summed E-state index contributed by atoms with van der Waals surface area (Å²) in [4.78, 5) is 11.2. The largest absolute Gasteiger partial charge is 0.477 e. The third kappa shape index (κ3) is 3.28. The maximum absolute atomic E-state index is 12.3. The molecule has 0 radical (unpaired) electrons. The van der Waals surface area contributed by atoms with Crippen LogP contribution in [0.15, 0.2) is 17.2 Å². The Kier molecular flexibility index (Phi) is 4.40. The van der Waals surface area contributed by atoms with E-state index in [1.54, 1.807) is 21.0 Å². The minimum Gasteiger partial charge on any atom is -0.477 e. The molecule has 21 heavy (non-hydrogen) atoms. The fraction of sp³-hybridized carbons (Fsp3) is 0.615. The van der Waals surface area contributed by atoms with E-state index in [0.29, 0.717) is 12.8 Å². The van der Waals surface area contributed by atoms with Crippen LogP contribution in [0.4, 0.5) is 0 Å². The summed E-state index contributed by atoms with van der Waals surface area (Å²) >= 11 is 0. The lowest BCUT2D eigenvalue weighted by Gasteiger charge is -2.34. The molecule has 7 nitrogen and oxygen atoms in total. The third-order valence-corrected chi connectivity index (χ3v) is 5.15. The van der Waals surface area contributed by atoms with Crippen LogP contribution in [-0.4, -0.2) is 43.3 Å². The van der Waals surface area contributed by atoms with E-state index >= 15 is 0 Å². The molecule has 0 atom stereocenters. The zero-order valence-corrected chi connectivity index (χ0v) is 13.1. The molecule has 0 aromatic carbocycles. The Hall–Kier alpha value is -1.38. The maximum atomic E-state index is 12.3. The summed E-state index contributed by atoms with van der Waals surface area (Å²) in [5.74, 6) is -1.15. The Balaban J connectivity index is 2.20. The highest BCUT2D eigenvalue weighted by atomic mass is 32.2. The molecule has 8 heteroatoms. The van der Waals surface area contributed by atoms with Crippen molar-refractivity contribution in [2.45, 2.75) is 49.8 Å². The molecule has 118 valence electrons. The number of nitrogens with one attached hydrogen (secondary N) is 1. The van der Waals surface area contributed by atoms with Gasteiger partial charge >= 0.3 is 5.97 Å². The number of carboxylic acids is 1. The molecule has 1 heterocycles. The Morgan fingerprint density at radius 1 is 1.48 bits per heavy atom. The lowest BCUT2D eigenvalue weighted by atomic mass is 9.90. The predicted octanol–water partition coefficient (Wildman–Crippen LogP) is 1.22. The fourth-order valence-electron chi connectivity index (χ4n) is 2.34. The number of sulfonamides is 1. The van der Waals surface area contributed by atoms with Crippen molar-refractivity contribution in [1.82, 2.24) is 9.29 Å². The number of carbonyl (C=O) groups is 1. The first kappa shape index (κ1) is 16.0. The SMILES string of the molecule is COC1CC(NS(=O)(=O)c2cc(C(=O)O)n(C(C)C)c2)C1. The summed E-state index contributed by atoms with van der Waals surface area (Å²) in [5, 5.41) is 9.15. The number of aromatic nitrogens is 1. The van der Waals surface area contributed by atoms with Crippen LogP contribution in [0.1, 0.15) is 43.2 Å². The van der Waals surface area contributed by atoms with Gasteiger partial charge in [0.25, 0.3) is 0 Å². The van der Waals surface area contributed by atoms with Gasteiger partial charge in [-0.25, -0.2) is 17.9 Å². The molecule has 1 aromatic heterocycles. The van der Waals surface area contributed by atoms with Crippen molar-refractivity contribution in [2.75, 3.05) is 7.11 Å². The molecule has 0 amide bonds. The zero-order chi connectivity index (χ0) is 15.8. The van der Waals surface area contributed by atoms with Gasteiger partial charge in [-0.1, -0.05) is 0 Å². The van der Waals surface area contributed by atoms with E-state index < -0.39 is 16.0 Å². The van der Waals surface area contributed by atoms with Gasteiger partial charge < -0.3 is 14.4 Å². The monoisotopic (exact) mass is 316 g/mol. The predicted molar refractivity (Wildman–Crippen MR) is 75.9 cm³/mol. The molecule has 2 N–H and O–H groups in total. The van der Waals surface area contributed by atoms with Gasteiger partial charge in [0.05, 0.1) is 6.10 Å². The second kappa shape index (κ2) is 5.78. The van der Waals surface area contributed by atoms with Gasteiger partial charge in [0.15, 0.2) is 0 Å². The molecule has 0 bridgehead atoms. The first-order valence-corrected chi connectivity index (χ1v) is 8.23. The number of aromatic carboxylic acids is 1. The highest BCUT2D eigenvalue weighted by Crippen LogP contribution is 2.25. The van der Waals surface area contributed by atoms with Crippen LogP contribution in [0, 0.1) is 0 Å². The molecule has 1 aliphatic rings. The van der Waals surface area contributed by atoms with Gasteiger partial charge in [0.1, 0.15) is 10.6 Å². The van der Waals surface area contributed by atoms with E-state index in [1.807, 2.05) is 0 Å². The summed E-state index contributed by atoms with van der Waals surface area (Å²) in [6.07, 6.45) is 2.72. The standard InChI is InChI=1S/C13H20N2O5S/c1-8(2)15-7-11(6-12(15)13(16)17)21(18,19)14-9-4-10(5-9)20-3/h6-10,14H,4-5H2,1-3H3,(H,16,17). The lowest BCUT2D eigenvalue weighted by molar-refractivity contribution is 0.0236. The van der Waals surface area contributed by atoms with Crippen molar-refractivity contribution in [1.29, 1.82) is 0 Å². The smallest absolute Gasteiger partial charge is 0.352 e. The Bertz CT molecular complexity index is 629.